The van der Waals surface area contributed by atoms with Crippen LogP contribution in [0.4, 0.5) is 0 Å². The molecule has 130 valence electrons. The zero-order valence-electron chi connectivity index (χ0n) is 15.0. The highest BCUT2D eigenvalue weighted by Gasteiger charge is 2.13. The van der Waals surface area contributed by atoms with Gasteiger partial charge in [-0.1, -0.05) is 45.0 Å². The molecule has 0 amide bonds. The molecule has 0 fully saturated rings. The minimum absolute atomic E-state index is 0.131. The molecule has 0 saturated heterocycles. The van der Waals surface area contributed by atoms with E-state index in [1.54, 1.807) is 0 Å². The fourth-order valence-electron chi connectivity index (χ4n) is 2.66. The number of benzene rings is 2. The van der Waals surface area contributed by atoms with Gasteiger partial charge in [0, 0.05) is 0 Å². The number of ether oxygens (including phenoxy) is 1. The van der Waals surface area contributed by atoms with Crippen LogP contribution in [0.3, 0.4) is 0 Å². The summed E-state index contributed by atoms with van der Waals surface area (Å²) in [6.45, 7) is 8.99. The summed E-state index contributed by atoms with van der Waals surface area (Å²) in [4.78, 5) is 0. The van der Waals surface area contributed by atoms with Crippen LogP contribution in [0.25, 0.3) is 5.69 Å². The smallest absolute Gasteiger partial charge is 0.199 e. The van der Waals surface area contributed by atoms with Gasteiger partial charge in [-0.15, -0.1) is 0 Å². The Bertz CT molecular complexity index is 917. The van der Waals surface area contributed by atoms with Gasteiger partial charge in [0.2, 0.25) is 0 Å². The summed E-state index contributed by atoms with van der Waals surface area (Å²) < 4.78 is 8.39. The number of H-pyrrole nitrogens is 1. The van der Waals surface area contributed by atoms with Crippen LogP contribution in [0.5, 0.6) is 5.75 Å². The second-order valence-corrected chi connectivity index (χ2v) is 7.57. The number of aromatic amines is 1. The zero-order chi connectivity index (χ0) is 18.0. The van der Waals surface area contributed by atoms with Crippen LogP contribution in [0.2, 0.25) is 0 Å². The van der Waals surface area contributed by atoms with E-state index in [1.807, 2.05) is 28.8 Å². The third-order valence-corrected chi connectivity index (χ3v) is 4.36. The lowest BCUT2D eigenvalue weighted by Crippen LogP contribution is -2.10. The second-order valence-electron chi connectivity index (χ2n) is 7.18. The number of nitrogens with one attached hydrogen (secondary N) is 1. The minimum Gasteiger partial charge on any atom is -0.486 e. The molecule has 3 aromatic rings. The Labute approximate surface area is 153 Å². The summed E-state index contributed by atoms with van der Waals surface area (Å²) in [7, 11) is 0. The molecule has 0 spiro atoms. The maximum Gasteiger partial charge on any atom is 0.199 e. The normalized spacial score (nSPS) is 11.5. The van der Waals surface area contributed by atoms with Crippen molar-refractivity contribution in [3.05, 3.63) is 70.3 Å². The quantitative estimate of drug-likeness (QED) is 0.662. The van der Waals surface area contributed by atoms with E-state index in [0.717, 1.165) is 17.3 Å². The summed E-state index contributed by atoms with van der Waals surface area (Å²) in [5, 5.41) is 7.17. The molecule has 0 saturated carbocycles. The first kappa shape index (κ1) is 17.4. The third-order valence-electron chi connectivity index (χ3n) is 4.09. The number of aromatic nitrogens is 3. The van der Waals surface area contributed by atoms with Crippen molar-refractivity contribution in [1.82, 2.24) is 14.8 Å². The first-order chi connectivity index (χ1) is 11.8. The highest BCUT2D eigenvalue weighted by Crippen LogP contribution is 2.24. The standard InChI is InChI=1S/C20H23N3OS/c1-14-6-5-7-16(12-14)23-18(21-22-19(23)25)13-24-17-10-8-15(9-11-17)20(2,3)4/h5-12H,13H2,1-4H3,(H,22,25). The Hall–Kier alpha value is -2.40. The average molecular weight is 353 g/mol. The average Bonchev–Trinajstić information content (AvgIpc) is 2.93. The number of aryl methyl sites for hydroxylation is 1. The molecule has 0 aliphatic carbocycles. The van der Waals surface area contributed by atoms with Crippen LogP contribution in [0.1, 0.15) is 37.7 Å². The van der Waals surface area contributed by atoms with Crippen molar-refractivity contribution in [3.63, 3.8) is 0 Å². The van der Waals surface area contributed by atoms with Crippen LogP contribution in [-0.2, 0) is 12.0 Å². The molecule has 5 heteroatoms. The molecule has 3 rings (SSSR count). The van der Waals surface area contributed by atoms with Crippen molar-refractivity contribution in [2.75, 3.05) is 0 Å². The summed E-state index contributed by atoms with van der Waals surface area (Å²) in [6.07, 6.45) is 0. The largest absolute Gasteiger partial charge is 0.486 e. The number of rotatable bonds is 4. The van der Waals surface area contributed by atoms with Crippen molar-refractivity contribution in [2.24, 2.45) is 0 Å². The lowest BCUT2D eigenvalue weighted by Gasteiger charge is -2.19. The molecule has 0 aliphatic rings. The molecule has 4 nitrogen and oxygen atoms in total. The predicted octanol–water partition coefficient (Wildman–Crippen LogP) is 5.11. The molecule has 2 aromatic carbocycles. The Morgan fingerprint density at radius 2 is 1.84 bits per heavy atom. The maximum absolute atomic E-state index is 5.92. The molecule has 25 heavy (non-hydrogen) atoms. The molecule has 0 bridgehead atoms. The van der Waals surface area contributed by atoms with Crippen molar-refractivity contribution in [3.8, 4) is 11.4 Å². The van der Waals surface area contributed by atoms with Crippen LogP contribution >= 0.6 is 12.2 Å². The summed E-state index contributed by atoms with van der Waals surface area (Å²) in [6, 6.07) is 16.4. The molecule has 0 unspecified atom stereocenters. The van der Waals surface area contributed by atoms with Gasteiger partial charge in [-0.25, -0.2) is 0 Å². The van der Waals surface area contributed by atoms with Gasteiger partial charge in [-0.3, -0.25) is 9.67 Å². The highest BCUT2D eigenvalue weighted by molar-refractivity contribution is 7.71. The summed E-state index contributed by atoms with van der Waals surface area (Å²) in [5.74, 6) is 1.56. The Balaban J connectivity index is 1.80. The third kappa shape index (κ3) is 3.99. The van der Waals surface area contributed by atoms with Crippen LogP contribution in [0.15, 0.2) is 48.5 Å². The predicted molar refractivity (Wildman–Crippen MR) is 103 cm³/mol. The second kappa shape index (κ2) is 6.84. The van der Waals surface area contributed by atoms with E-state index in [-0.39, 0.29) is 5.41 Å². The van der Waals surface area contributed by atoms with Crippen LogP contribution < -0.4 is 4.74 Å². The van der Waals surface area contributed by atoms with E-state index in [9.17, 15) is 0 Å². The first-order valence-corrected chi connectivity index (χ1v) is 8.72. The first-order valence-electron chi connectivity index (χ1n) is 8.31. The monoisotopic (exact) mass is 353 g/mol. The number of nitrogens with zero attached hydrogens (tertiary/aromatic N) is 2. The van der Waals surface area contributed by atoms with E-state index >= 15 is 0 Å². The number of hydrogen-bond donors (Lipinski definition) is 1. The molecular weight excluding hydrogens is 330 g/mol. The Morgan fingerprint density at radius 1 is 1.12 bits per heavy atom. The van der Waals surface area contributed by atoms with E-state index in [1.165, 1.54) is 11.1 Å². The highest BCUT2D eigenvalue weighted by atomic mass is 32.1. The van der Waals surface area contributed by atoms with Gasteiger partial charge < -0.3 is 4.74 Å². The lowest BCUT2D eigenvalue weighted by molar-refractivity contribution is 0.293. The molecule has 1 N–H and O–H groups in total. The number of hydrogen-bond acceptors (Lipinski definition) is 3. The van der Waals surface area contributed by atoms with Gasteiger partial charge >= 0.3 is 0 Å². The zero-order valence-corrected chi connectivity index (χ0v) is 15.9. The lowest BCUT2D eigenvalue weighted by atomic mass is 9.87. The molecule has 1 aromatic heterocycles. The SMILES string of the molecule is Cc1cccc(-n2c(COc3ccc(C(C)(C)C)cc3)n[nH]c2=S)c1. The van der Waals surface area contributed by atoms with Gasteiger partial charge in [0.05, 0.1) is 5.69 Å². The fourth-order valence-corrected chi connectivity index (χ4v) is 2.92. The Kier molecular flexibility index (Phi) is 4.77. The summed E-state index contributed by atoms with van der Waals surface area (Å²) in [5.41, 5.74) is 3.57. The van der Waals surface area contributed by atoms with E-state index in [4.69, 9.17) is 17.0 Å². The van der Waals surface area contributed by atoms with Gasteiger partial charge in [0.15, 0.2) is 10.6 Å². The van der Waals surface area contributed by atoms with Crippen LogP contribution in [0, 0.1) is 11.7 Å². The van der Waals surface area contributed by atoms with Gasteiger partial charge in [0.25, 0.3) is 0 Å². The molecule has 0 radical (unpaired) electrons. The van der Waals surface area contributed by atoms with Crippen molar-refractivity contribution < 1.29 is 4.74 Å². The fraction of sp³-hybridized carbons (Fsp3) is 0.300. The van der Waals surface area contributed by atoms with Gasteiger partial charge in [0.1, 0.15) is 12.4 Å². The maximum atomic E-state index is 5.92. The van der Waals surface area contributed by atoms with Gasteiger partial charge in [-0.2, -0.15) is 5.10 Å². The van der Waals surface area contributed by atoms with Crippen LogP contribution in [-0.4, -0.2) is 14.8 Å². The van der Waals surface area contributed by atoms with Crippen molar-refractivity contribution in [1.29, 1.82) is 0 Å². The molecular formula is C20H23N3OS. The summed E-state index contributed by atoms with van der Waals surface area (Å²) >= 11 is 5.38. The Morgan fingerprint density at radius 3 is 2.48 bits per heavy atom. The van der Waals surface area contributed by atoms with E-state index < -0.39 is 0 Å². The molecule has 0 atom stereocenters. The van der Waals surface area contributed by atoms with Crippen molar-refractivity contribution >= 4 is 12.2 Å². The van der Waals surface area contributed by atoms with Gasteiger partial charge in [-0.05, 0) is 59.9 Å². The minimum atomic E-state index is 0.131. The topological polar surface area (TPSA) is 42.8 Å². The van der Waals surface area contributed by atoms with E-state index in [2.05, 4.69) is 62.2 Å². The molecule has 1 heterocycles. The van der Waals surface area contributed by atoms with E-state index in [0.29, 0.717) is 11.4 Å². The van der Waals surface area contributed by atoms with Crippen molar-refractivity contribution in [2.45, 2.75) is 39.7 Å². The molecule has 0 aliphatic heterocycles.